The molecule has 160 valence electrons. The lowest BCUT2D eigenvalue weighted by Crippen LogP contribution is -2.41. The molecule has 0 N–H and O–H groups in total. The average molecular weight is 413 g/mol. The van der Waals surface area contributed by atoms with Crippen LogP contribution in [0.5, 0.6) is 5.75 Å². The maximum absolute atomic E-state index is 13.3. The first-order valence-corrected chi connectivity index (χ1v) is 10.2. The van der Waals surface area contributed by atoms with E-state index in [1.807, 2.05) is 35.8 Å². The Bertz CT molecular complexity index is 1190. The Morgan fingerprint density at radius 2 is 2.03 bits per heavy atom. The molecule has 1 atom stereocenters. The molecule has 9 heteroatoms. The summed E-state index contributed by atoms with van der Waals surface area (Å²) in [7, 11) is 3.29. The number of anilines is 2. The molecule has 4 rings (SSSR count). The molecule has 0 aliphatic carbocycles. The van der Waals surface area contributed by atoms with Gasteiger partial charge >= 0.3 is 5.69 Å². The number of ether oxygens (including phenoxy) is 2. The number of aryl methyl sites for hydroxylation is 1. The molecular weight excluding hydrogens is 386 g/mol. The van der Waals surface area contributed by atoms with Gasteiger partial charge in [-0.05, 0) is 25.0 Å². The molecular formula is C21H27N5O4. The molecule has 0 unspecified atom stereocenters. The van der Waals surface area contributed by atoms with Gasteiger partial charge < -0.3 is 18.9 Å². The zero-order valence-corrected chi connectivity index (χ0v) is 17.8. The topological polar surface area (TPSA) is 83.5 Å². The number of hydrogen-bond donors (Lipinski definition) is 0. The molecule has 2 aromatic heterocycles. The van der Waals surface area contributed by atoms with Gasteiger partial charge in [0, 0.05) is 38.5 Å². The fraction of sp³-hybridized carbons (Fsp3) is 0.476. The predicted octanol–water partition coefficient (Wildman–Crippen LogP) is 1.73. The van der Waals surface area contributed by atoms with Crippen LogP contribution in [0.3, 0.4) is 0 Å². The predicted molar refractivity (Wildman–Crippen MR) is 115 cm³/mol. The quantitative estimate of drug-likeness (QED) is 0.573. The zero-order valence-electron chi connectivity index (χ0n) is 17.8. The van der Waals surface area contributed by atoms with Crippen molar-refractivity contribution in [2.24, 2.45) is 13.0 Å². The number of rotatable bonds is 6. The Kier molecular flexibility index (Phi) is 5.38. The van der Waals surface area contributed by atoms with Crippen molar-refractivity contribution in [3.8, 4) is 5.75 Å². The fourth-order valence-electron chi connectivity index (χ4n) is 4.00. The number of fused-ring (bicyclic) bond motifs is 3. The second-order valence-electron chi connectivity index (χ2n) is 7.61. The van der Waals surface area contributed by atoms with Crippen molar-refractivity contribution in [1.82, 2.24) is 18.7 Å². The molecule has 9 nitrogen and oxygen atoms in total. The van der Waals surface area contributed by atoms with Crippen molar-refractivity contribution in [3.05, 3.63) is 45.1 Å². The van der Waals surface area contributed by atoms with Crippen LogP contribution in [-0.4, -0.2) is 45.6 Å². The summed E-state index contributed by atoms with van der Waals surface area (Å²) in [5.41, 5.74) is 1.06. The molecule has 1 aliphatic rings. The first-order chi connectivity index (χ1) is 14.5. The van der Waals surface area contributed by atoms with Gasteiger partial charge in [-0.25, -0.2) is 4.79 Å². The molecule has 3 heterocycles. The lowest BCUT2D eigenvalue weighted by atomic mass is 10.1. The molecule has 0 radical (unpaired) electrons. The summed E-state index contributed by atoms with van der Waals surface area (Å²) in [5, 5.41) is 0. The van der Waals surface area contributed by atoms with E-state index in [9.17, 15) is 9.59 Å². The molecule has 0 fully saturated rings. The van der Waals surface area contributed by atoms with E-state index in [0.29, 0.717) is 36.9 Å². The van der Waals surface area contributed by atoms with Crippen LogP contribution in [0, 0.1) is 5.92 Å². The molecule has 1 aromatic carbocycles. The average Bonchev–Trinajstić information content (AvgIpc) is 3.13. The Hall–Kier alpha value is -3.07. The van der Waals surface area contributed by atoms with Crippen LogP contribution in [0.1, 0.15) is 13.8 Å². The number of methoxy groups -OCH3 is 1. The highest BCUT2D eigenvalue weighted by molar-refractivity contribution is 5.77. The van der Waals surface area contributed by atoms with Gasteiger partial charge in [-0.3, -0.25) is 13.9 Å². The van der Waals surface area contributed by atoms with Gasteiger partial charge in [0.2, 0.25) is 5.95 Å². The Balaban J connectivity index is 1.91. The Morgan fingerprint density at radius 1 is 1.23 bits per heavy atom. The highest BCUT2D eigenvalue weighted by Gasteiger charge is 2.30. The molecule has 0 spiro atoms. The fourth-order valence-corrected chi connectivity index (χ4v) is 4.00. The van der Waals surface area contributed by atoms with E-state index in [1.54, 1.807) is 14.2 Å². The second kappa shape index (κ2) is 7.98. The van der Waals surface area contributed by atoms with Crippen LogP contribution in [0.25, 0.3) is 11.2 Å². The van der Waals surface area contributed by atoms with Gasteiger partial charge in [0.1, 0.15) is 5.75 Å². The Labute approximate surface area is 174 Å². The van der Waals surface area contributed by atoms with E-state index in [1.165, 1.54) is 9.13 Å². The number of imidazole rings is 1. The monoisotopic (exact) mass is 413 g/mol. The summed E-state index contributed by atoms with van der Waals surface area (Å²) in [6.07, 6.45) is 0. The van der Waals surface area contributed by atoms with E-state index in [4.69, 9.17) is 14.5 Å². The number of aromatic nitrogens is 4. The first kappa shape index (κ1) is 20.2. The van der Waals surface area contributed by atoms with Gasteiger partial charge in [0.05, 0.1) is 20.3 Å². The Morgan fingerprint density at radius 3 is 2.77 bits per heavy atom. The van der Waals surface area contributed by atoms with Gasteiger partial charge in [0.15, 0.2) is 11.2 Å². The van der Waals surface area contributed by atoms with Crippen molar-refractivity contribution in [1.29, 1.82) is 0 Å². The lowest BCUT2D eigenvalue weighted by molar-refractivity contribution is 0.137. The minimum absolute atomic E-state index is 0.213. The minimum Gasteiger partial charge on any atom is -0.497 e. The van der Waals surface area contributed by atoms with E-state index in [0.717, 1.165) is 18.0 Å². The molecule has 0 saturated heterocycles. The third kappa shape index (κ3) is 3.28. The summed E-state index contributed by atoms with van der Waals surface area (Å²) in [4.78, 5) is 32.9. The van der Waals surface area contributed by atoms with Crippen LogP contribution in [0.2, 0.25) is 0 Å². The number of nitrogens with zero attached hydrogens (tertiary/aromatic N) is 5. The maximum atomic E-state index is 13.3. The SMILES string of the molecule is CCOCCn1c(=O)c2c(nc3n2C[C@@H](C)CN3c2cccc(OC)c2)n(C)c1=O. The van der Waals surface area contributed by atoms with E-state index >= 15 is 0 Å². The summed E-state index contributed by atoms with van der Waals surface area (Å²) >= 11 is 0. The largest absolute Gasteiger partial charge is 0.497 e. The van der Waals surface area contributed by atoms with Crippen LogP contribution in [-0.2, 0) is 24.9 Å². The highest BCUT2D eigenvalue weighted by atomic mass is 16.5. The summed E-state index contributed by atoms with van der Waals surface area (Å²) in [6, 6.07) is 7.75. The smallest absolute Gasteiger partial charge is 0.332 e. The van der Waals surface area contributed by atoms with Crippen molar-refractivity contribution < 1.29 is 9.47 Å². The second-order valence-corrected chi connectivity index (χ2v) is 7.61. The summed E-state index contributed by atoms with van der Waals surface area (Å²) in [6.45, 7) is 6.49. The van der Waals surface area contributed by atoms with Gasteiger partial charge in [-0.1, -0.05) is 13.0 Å². The molecule has 0 bridgehead atoms. The van der Waals surface area contributed by atoms with Gasteiger partial charge in [-0.2, -0.15) is 4.98 Å². The van der Waals surface area contributed by atoms with Crippen LogP contribution < -0.4 is 20.9 Å². The third-order valence-electron chi connectivity index (χ3n) is 5.47. The lowest BCUT2D eigenvalue weighted by Gasteiger charge is -2.33. The zero-order chi connectivity index (χ0) is 21.4. The maximum Gasteiger partial charge on any atom is 0.332 e. The van der Waals surface area contributed by atoms with E-state index in [-0.39, 0.29) is 23.7 Å². The molecule has 3 aromatic rings. The van der Waals surface area contributed by atoms with Crippen LogP contribution in [0.4, 0.5) is 11.6 Å². The van der Waals surface area contributed by atoms with Gasteiger partial charge in [0.25, 0.3) is 5.56 Å². The summed E-state index contributed by atoms with van der Waals surface area (Å²) < 4.78 is 15.3. The van der Waals surface area contributed by atoms with Crippen molar-refractivity contribution in [2.45, 2.75) is 26.9 Å². The third-order valence-corrected chi connectivity index (χ3v) is 5.47. The molecule has 1 aliphatic heterocycles. The molecule has 0 amide bonds. The van der Waals surface area contributed by atoms with Crippen LogP contribution >= 0.6 is 0 Å². The first-order valence-electron chi connectivity index (χ1n) is 10.2. The van der Waals surface area contributed by atoms with E-state index in [2.05, 4.69) is 11.8 Å². The van der Waals surface area contributed by atoms with Crippen molar-refractivity contribution in [3.63, 3.8) is 0 Å². The normalized spacial score (nSPS) is 16.1. The number of benzene rings is 1. The van der Waals surface area contributed by atoms with Crippen molar-refractivity contribution in [2.75, 3.05) is 31.8 Å². The summed E-state index contributed by atoms with van der Waals surface area (Å²) in [5.74, 6) is 1.69. The van der Waals surface area contributed by atoms with Crippen molar-refractivity contribution >= 4 is 22.8 Å². The van der Waals surface area contributed by atoms with Gasteiger partial charge in [-0.15, -0.1) is 0 Å². The molecule has 0 saturated carbocycles. The molecule has 30 heavy (non-hydrogen) atoms. The highest BCUT2D eigenvalue weighted by Crippen LogP contribution is 2.34. The standard InChI is InChI=1S/C21H27N5O4/c1-5-30-10-9-24-19(27)17-18(23(3)21(24)28)22-20-25(12-14(2)13-26(17)20)15-7-6-8-16(11-15)29-4/h6-8,11,14H,5,9-10,12-13H2,1-4H3/t14-/m0/s1. The number of hydrogen-bond acceptors (Lipinski definition) is 6. The van der Waals surface area contributed by atoms with Crippen LogP contribution in [0.15, 0.2) is 33.9 Å². The minimum atomic E-state index is -0.386. The van der Waals surface area contributed by atoms with E-state index < -0.39 is 0 Å².